The Morgan fingerprint density at radius 3 is 2.28 bits per heavy atom. The smallest absolute Gasteiger partial charge is 0.0452 e. The highest BCUT2D eigenvalue weighted by molar-refractivity contribution is 9.10. The molecule has 2 heteroatoms. The number of halogens is 1. The Labute approximate surface area is 116 Å². The fraction of sp³-hybridized carbons (Fsp3) is 0. The molecule has 0 fully saturated rings. The molecule has 90 valence electrons. The van der Waals surface area contributed by atoms with E-state index in [-0.39, 0.29) is 0 Å². The van der Waals surface area contributed by atoms with Gasteiger partial charge in [0.05, 0.1) is 0 Å². The summed E-state index contributed by atoms with van der Waals surface area (Å²) in [4.78, 5) is 3.28. The molecule has 0 saturated heterocycles. The predicted molar refractivity (Wildman–Crippen MR) is 84.0 cm³/mol. The molecule has 0 aliphatic carbocycles. The largest absolute Gasteiger partial charge is 0.355 e. The molecule has 0 aliphatic heterocycles. The van der Waals surface area contributed by atoms with Crippen molar-refractivity contribution < 1.29 is 0 Å². The van der Waals surface area contributed by atoms with E-state index in [1.54, 1.807) is 6.08 Å². The van der Waals surface area contributed by atoms with Crippen molar-refractivity contribution in [2.75, 3.05) is 0 Å². The lowest BCUT2D eigenvalue weighted by atomic mass is 10.2. The molecule has 0 unspecified atom stereocenters. The monoisotopic (exact) mass is 299 g/mol. The average Bonchev–Trinajstić information content (AvgIpc) is 2.80. The molecule has 18 heavy (non-hydrogen) atoms. The van der Waals surface area contributed by atoms with Gasteiger partial charge < -0.3 is 4.98 Å². The molecule has 1 N–H and O–H groups in total. The van der Waals surface area contributed by atoms with Crippen LogP contribution in [0.4, 0.5) is 0 Å². The maximum Gasteiger partial charge on any atom is 0.0452 e. The van der Waals surface area contributed by atoms with Crippen LogP contribution >= 0.6 is 15.9 Å². The molecule has 0 atom stereocenters. The van der Waals surface area contributed by atoms with E-state index in [1.165, 1.54) is 0 Å². The highest BCUT2D eigenvalue weighted by Gasteiger charge is 1.99. The van der Waals surface area contributed by atoms with E-state index >= 15 is 0 Å². The number of benzene rings is 1. The van der Waals surface area contributed by atoms with E-state index in [0.29, 0.717) is 0 Å². The van der Waals surface area contributed by atoms with Gasteiger partial charge in [0.25, 0.3) is 0 Å². The molecule has 0 spiro atoms. The summed E-state index contributed by atoms with van der Waals surface area (Å²) in [6.07, 6.45) is 7.74. The van der Waals surface area contributed by atoms with Gasteiger partial charge in [0, 0.05) is 15.9 Å². The van der Waals surface area contributed by atoms with Crippen LogP contribution in [0.1, 0.15) is 22.5 Å². The van der Waals surface area contributed by atoms with E-state index in [1.807, 2.05) is 24.3 Å². The van der Waals surface area contributed by atoms with Gasteiger partial charge in [-0.1, -0.05) is 53.4 Å². The number of rotatable bonds is 4. The van der Waals surface area contributed by atoms with Crippen molar-refractivity contribution in [2.24, 2.45) is 0 Å². The fourth-order valence-corrected chi connectivity index (χ4v) is 1.96. The van der Waals surface area contributed by atoms with Crippen LogP contribution in [-0.2, 0) is 0 Å². The van der Waals surface area contributed by atoms with Gasteiger partial charge in [-0.3, -0.25) is 0 Å². The Bertz CT molecular complexity index is 563. The van der Waals surface area contributed by atoms with Gasteiger partial charge in [-0.2, -0.15) is 0 Å². The molecule has 2 aromatic rings. The first-order valence-electron chi connectivity index (χ1n) is 5.64. The molecule has 0 amide bonds. The molecular formula is C16H14BrN. The quantitative estimate of drug-likeness (QED) is 0.795. The summed E-state index contributed by atoms with van der Waals surface area (Å²) in [5, 5.41) is 0. The van der Waals surface area contributed by atoms with Gasteiger partial charge in [0.1, 0.15) is 0 Å². The summed E-state index contributed by atoms with van der Waals surface area (Å²) in [6.45, 7) is 7.56. The molecular weight excluding hydrogens is 286 g/mol. The van der Waals surface area contributed by atoms with Crippen molar-refractivity contribution in [2.45, 2.75) is 0 Å². The summed E-state index contributed by atoms with van der Waals surface area (Å²) in [5.74, 6) is 0. The molecule has 0 bridgehead atoms. The minimum absolute atomic E-state index is 1.00. The SMILES string of the molecule is C=Cc1cc(/C=C\c2ccc(Br)cc2)[nH]c1C=C. The van der Waals surface area contributed by atoms with E-state index in [4.69, 9.17) is 0 Å². The minimum Gasteiger partial charge on any atom is -0.355 e. The lowest BCUT2D eigenvalue weighted by Gasteiger charge is -1.93. The molecule has 0 saturated carbocycles. The minimum atomic E-state index is 1.00. The number of hydrogen-bond donors (Lipinski definition) is 1. The molecule has 1 nitrogen and oxygen atoms in total. The van der Waals surface area contributed by atoms with E-state index in [0.717, 1.165) is 27.0 Å². The van der Waals surface area contributed by atoms with E-state index in [2.05, 4.69) is 58.3 Å². The number of H-pyrrole nitrogens is 1. The predicted octanol–water partition coefficient (Wildman–Crippen LogP) is 5.23. The van der Waals surface area contributed by atoms with Crippen LogP contribution in [0.25, 0.3) is 24.3 Å². The van der Waals surface area contributed by atoms with Gasteiger partial charge in [-0.05, 0) is 41.5 Å². The number of aromatic amines is 1. The Kier molecular flexibility index (Phi) is 4.00. The molecule has 1 heterocycles. The van der Waals surface area contributed by atoms with E-state index in [9.17, 15) is 0 Å². The number of hydrogen-bond acceptors (Lipinski definition) is 0. The van der Waals surface area contributed by atoms with Crippen molar-refractivity contribution in [3.63, 3.8) is 0 Å². The van der Waals surface area contributed by atoms with Crippen molar-refractivity contribution in [3.05, 3.63) is 70.5 Å². The first-order valence-corrected chi connectivity index (χ1v) is 6.44. The summed E-state index contributed by atoms with van der Waals surface area (Å²) in [5.41, 5.74) is 4.27. The fourth-order valence-electron chi connectivity index (χ4n) is 1.70. The van der Waals surface area contributed by atoms with Crippen LogP contribution in [0, 0.1) is 0 Å². The zero-order valence-corrected chi connectivity index (χ0v) is 11.6. The van der Waals surface area contributed by atoms with Crippen LogP contribution in [0.2, 0.25) is 0 Å². The van der Waals surface area contributed by atoms with Crippen LogP contribution < -0.4 is 0 Å². The summed E-state index contributed by atoms with van der Waals surface area (Å²) in [7, 11) is 0. The van der Waals surface area contributed by atoms with E-state index < -0.39 is 0 Å². The van der Waals surface area contributed by atoms with Gasteiger partial charge in [-0.15, -0.1) is 0 Å². The maximum absolute atomic E-state index is 3.78. The lowest BCUT2D eigenvalue weighted by molar-refractivity contribution is 1.34. The van der Waals surface area contributed by atoms with Crippen molar-refractivity contribution in [1.82, 2.24) is 4.98 Å². The van der Waals surface area contributed by atoms with Gasteiger partial charge in [0.15, 0.2) is 0 Å². The lowest BCUT2D eigenvalue weighted by Crippen LogP contribution is -1.74. The topological polar surface area (TPSA) is 15.8 Å². The standard InChI is InChI=1S/C16H14BrN/c1-3-13-11-15(18-16(13)4-2)10-7-12-5-8-14(17)9-6-12/h3-11,18H,1-2H2/b10-7-. The zero-order valence-electron chi connectivity index (χ0n) is 9.99. The van der Waals surface area contributed by atoms with Crippen molar-refractivity contribution in [1.29, 1.82) is 0 Å². The van der Waals surface area contributed by atoms with Crippen LogP contribution in [0.3, 0.4) is 0 Å². The summed E-state index contributed by atoms with van der Waals surface area (Å²) >= 11 is 3.42. The second kappa shape index (κ2) is 5.69. The Morgan fingerprint density at radius 1 is 1.00 bits per heavy atom. The number of aromatic nitrogens is 1. The van der Waals surface area contributed by atoms with Gasteiger partial charge in [0.2, 0.25) is 0 Å². The normalized spacial score (nSPS) is 10.7. The molecule has 0 radical (unpaired) electrons. The van der Waals surface area contributed by atoms with Crippen molar-refractivity contribution in [3.8, 4) is 0 Å². The first-order chi connectivity index (χ1) is 8.72. The zero-order chi connectivity index (χ0) is 13.0. The highest BCUT2D eigenvalue weighted by Crippen LogP contribution is 2.17. The van der Waals surface area contributed by atoms with Gasteiger partial charge in [-0.25, -0.2) is 0 Å². The van der Waals surface area contributed by atoms with Crippen LogP contribution in [0.15, 0.2) is 48.0 Å². The molecule has 1 aromatic carbocycles. The van der Waals surface area contributed by atoms with Crippen LogP contribution in [-0.4, -0.2) is 4.98 Å². The Morgan fingerprint density at radius 2 is 1.72 bits per heavy atom. The second-order valence-electron chi connectivity index (χ2n) is 3.89. The molecule has 1 aromatic heterocycles. The average molecular weight is 300 g/mol. The van der Waals surface area contributed by atoms with Crippen molar-refractivity contribution >= 4 is 40.2 Å². The third kappa shape index (κ3) is 2.90. The Hall–Kier alpha value is -1.80. The molecule has 0 aliphatic rings. The number of nitrogens with one attached hydrogen (secondary N) is 1. The third-order valence-corrected chi connectivity index (χ3v) is 3.18. The highest BCUT2D eigenvalue weighted by atomic mass is 79.9. The second-order valence-corrected chi connectivity index (χ2v) is 4.80. The van der Waals surface area contributed by atoms with Crippen LogP contribution in [0.5, 0.6) is 0 Å². The third-order valence-electron chi connectivity index (χ3n) is 2.65. The Balaban J connectivity index is 2.23. The first kappa shape index (κ1) is 12.7. The maximum atomic E-state index is 3.78. The molecule has 2 rings (SSSR count). The van der Waals surface area contributed by atoms with Gasteiger partial charge >= 0.3 is 0 Å². The summed E-state index contributed by atoms with van der Waals surface area (Å²) in [6, 6.07) is 10.2. The summed E-state index contributed by atoms with van der Waals surface area (Å²) < 4.78 is 1.09.